The number of nitrogens with one attached hydrogen (secondary N) is 1. The van der Waals surface area contributed by atoms with Crippen LogP contribution in [0.15, 0.2) is 59.0 Å². The number of para-hydroxylation sites is 1. The van der Waals surface area contributed by atoms with Gasteiger partial charge in [0, 0.05) is 21.7 Å². The second-order valence-electron chi connectivity index (χ2n) is 5.79. The maximum Gasteiger partial charge on any atom is 0.250 e. The standard InChI is InChI=1S/C20H11Cl3N2O2S/c21-12-8-11(9-13(22)10-12)16-6-4-14(27-16)5-7-18(26)24-20-25-19-15(23)2-1-3-17(19)28-20/h1-10H,(H,24,25,26)/b7-5+. The number of rotatable bonds is 4. The van der Waals surface area contributed by atoms with E-state index in [1.54, 1.807) is 42.5 Å². The summed E-state index contributed by atoms with van der Waals surface area (Å²) in [6.45, 7) is 0. The highest BCUT2D eigenvalue weighted by atomic mass is 35.5. The lowest BCUT2D eigenvalue weighted by Crippen LogP contribution is -2.07. The molecule has 0 unspecified atom stereocenters. The maximum absolute atomic E-state index is 12.2. The lowest BCUT2D eigenvalue weighted by Gasteiger charge is -1.99. The Morgan fingerprint density at radius 3 is 2.61 bits per heavy atom. The van der Waals surface area contributed by atoms with Gasteiger partial charge in [-0.3, -0.25) is 10.1 Å². The van der Waals surface area contributed by atoms with Crippen LogP contribution in [-0.2, 0) is 4.79 Å². The van der Waals surface area contributed by atoms with Crippen molar-refractivity contribution in [3.63, 3.8) is 0 Å². The van der Waals surface area contributed by atoms with Crippen molar-refractivity contribution in [3.8, 4) is 11.3 Å². The first-order valence-electron chi connectivity index (χ1n) is 8.08. The third kappa shape index (κ3) is 4.23. The molecule has 0 bridgehead atoms. The molecule has 0 fully saturated rings. The molecule has 0 aliphatic rings. The second-order valence-corrected chi connectivity index (χ2v) is 8.10. The molecule has 4 aromatic rings. The molecule has 4 rings (SSSR count). The fraction of sp³-hybridized carbons (Fsp3) is 0. The van der Waals surface area contributed by atoms with E-state index >= 15 is 0 Å². The molecule has 2 heterocycles. The minimum atomic E-state index is -0.320. The molecule has 1 N–H and O–H groups in total. The summed E-state index contributed by atoms with van der Waals surface area (Å²) in [6, 6.07) is 14.2. The summed E-state index contributed by atoms with van der Waals surface area (Å²) >= 11 is 19.5. The van der Waals surface area contributed by atoms with Crippen molar-refractivity contribution < 1.29 is 9.21 Å². The first kappa shape index (κ1) is 19.0. The molecule has 2 aromatic heterocycles. The van der Waals surface area contributed by atoms with Crippen LogP contribution >= 0.6 is 46.1 Å². The zero-order chi connectivity index (χ0) is 19.7. The normalized spacial score (nSPS) is 11.4. The number of thiazole rings is 1. The molecule has 0 saturated heterocycles. The maximum atomic E-state index is 12.2. The summed E-state index contributed by atoms with van der Waals surface area (Å²) in [4.78, 5) is 16.5. The van der Waals surface area contributed by atoms with Crippen LogP contribution in [0, 0.1) is 0 Å². The van der Waals surface area contributed by atoms with Gasteiger partial charge in [0.05, 0.1) is 9.72 Å². The largest absolute Gasteiger partial charge is 0.457 e. The number of fused-ring (bicyclic) bond motifs is 1. The number of anilines is 1. The van der Waals surface area contributed by atoms with Crippen LogP contribution in [0.1, 0.15) is 5.76 Å². The minimum Gasteiger partial charge on any atom is -0.457 e. The van der Waals surface area contributed by atoms with E-state index in [9.17, 15) is 4.79 Å². The van der Waals surface area contributed by atoms with E-state index in [-0.39, 0.29) is 5.91 Å². The first-order chi connectivity index (χ1) is 13.5. The van der Waals surface area contributed by atoms with Crippen molar-refractivity contribution in [1.82, 2.24) is 4.98 Å². The van der Waals surface area contributed by atoms with Gasteiger partial charge in [-0.15, -0.1) is 0 Å². The number of amides is 1. The van der Waals surface area contributed by atoms with Crippen molar-refractivity contribution in [1.29, 1.82) is 0 Å². The Kier molecular flexibility index (Phi) is 5.42. The molecular weight excluding hydrogens is 439 g/mol. The average Bonchev–Trinajstić information content (AvgIpc) is 3.26. The van der Waals surface area contributed by atoms with Gasteiger partial charge >= 0.3 is 0 Å². The van der Waals surface area contributed by atoms with Gasteiger partial charge in [-0.05, 0) is 48.5 Å². The first-order valence-corrected chi connectivity index (χ1v) is 10.0. The van der Waals surface area contributed by atoms with Crippen LogP contribution in [0.2, 0.25) is 15.1 Å². The highest BCUT2D eigenvalue weighted by Crippen LogP contribution is 2.31. The fourth-order valence-corrected chi connectivity index (χ4v) is 4.26. The predicted octanol–water partition coefficient (Wildman–Crippen LogP) is 7.17. The van der Waals surface area contributed by atoms with Crippen LogP contribution in [0.4, 0.5) is 5.13 Å². The molecule has 4 nitrogen and oxygen atoms in total. The average molecular weight is 450 g/mol. The topological polar surface area (TPSA) is 55.1 Å². The molecule has 28 heavy (non-hydrogen) atoms. The number of nitrogens with zero attached hydrogens (tertiary/aromatic N) is 1. The second kappa shape index (κ2) is 7.97. The summed E-state index contributed by atoms with van der Waals surface area (Å²) in [7, 11) is 0. The Balaban J connectivity index is 1.47. The van der Waals surface area contributed by atoms with Gasteiger partial charge < -0.3 is 4.42 Å². The van der Waals surface area contributed by atoms with E-state index in [2.05, 4.69) is 10.3 Å². The molecule has 0 atom stereocenters. The monoisotopic (exact) mass is 448 g/mol. The van der Waals surface area contributed by atoms with Gasteiger partial charge in [-0.2, -0.15) is 0 Å². The summed E-state index contributed by atoms with van der Waals surface area (Å²) in [6.07, 6.45) is 2.95. The van der Waals surface area contributed by atoms with Crippen LogP contribution in [0.3, 0.4) is 0 Å². The molecular formula is C20H11Cl3N2O2S. The predicted molar refractivity (Wildman–Crippen MR) is 116 cm³/mol. The van der Waals surface area contributed by atoms with E-state index in [1.165, 1.54) is 17.4 Å². The third-order valence-corrected chi connectivity index (χ3v) is 5.45. The molecule has 140 valence electrons. The smallest absolute Gasteiger partial charge is 0.250 e. The van der Waals surface area contributed by atoms with Gasteiger partial charge in [0.2, 0.25) is 5.91 Å². The van der Waals surface area contributed by atoms with Crippen molar-refractivity contribution in [2.24, 2.45) is 0 Å². The summed E-state index contributed by atoms with van der Waals surface area (Å²) in [5.41, 5.74) is 1.43. The Bertz CT molecular complexity index is 1190. The number of halogens is 3. The molecule has 1 amide bonds. The van der Waals surface area contributed by atoms with Crippen molar-refractivity contribution in [2.45, 2.75) is 0 Å². The number of benzene rings is 2. The summed E-state index contributed by atoms with van der Waals surface area (Å²) in [5, 5.41) is 4.80. The van der Waals surface area contributed by atoms with Crippen molar-refractivity contribution in [2.75, 3.05) is 5.32 Å². The van der Waals surface area contributed by atoms with Crippen molar-refractivity contribution >= 4 is 73.5 Å². The number of aromatic nitrogens is 1. The highest BCUT2D eigenvalue weighted by Gasteiger charge is 2.09. The van der Waals surface area contributed by atoms with E-state index in [1.807, 2.05) is 12.1 Å². The fourth-order valence-electron chi connectivity index (χ4n) is 2.57. The zero-order valence-corrected chi connectivity index (χ0v) is 17.2. The van der Waals surface area contributed by atoms with E-state index in [4.69, 9.17) is 39.2 Å². The molecule has 0 aliphatic carbocycles. The van der Waals surface area contributed by atoms with Gasteiger partial charge in [0.15, 0.2) is 5.13 Å². The molecule has 0 radical (unpaired) electrons. The molecule has 0 spiro atoms. The Morgan fingerprint density at radius 1 is 1.07 bits per heavy atom. The number of hydrogen-bond donors (Lipinski definition) is 1. The number of carbonyl (C=O) groups is 1. The minimum absolute atomic E-state index is 0.320. The Hall–Kier alpha value is -2.31. The molecule has 0 aliphatic heterocycles. The van der Waals surface area contributed by atoms with E-state index in [0.717, 1.165) is 10.3 Å². The van der Waals surface area contributed by atoms with Crippen LogP contribution in [-0.4, -0.2) is 10.9 Å². The van der Waals surface area contributed by atoms with Gasteiger partial charge in [0.25, 0.3) is 0 Å². The zero-order valence-electron chi connectivity index (χ0n) is 14.1. The number of carbonyl (C=O) groups excluding carboxylic acids is 1. The van der Waals surface area contributed by atoms with Crippen LogP contribution in [0.25, 0.3) is 27.6 Å². The van der Waals surface area contributed by atoms with E-state index < -0.39 is 0 Å². The number of furan rings is 1. The van der Waals surface area contributed by atoms with E-state index in [0.29, 0.717) is 37.2 Å². The van der Waals surface area contributed by atoms with Crippen molar-refractivity contribution in [3.05, 3.63) is 75.4 Å². The highest BCUT2D eigenvalue weighted by molar-refractivity contribution is 7.22. The summed E-state index contributed by atoms with van der Waals surface area (Å²) in [5.74, 6) is 0.804. The Morgan fingerprint density at radius 2 is 1.86 bits per heavy atom. The lowest BCUT2D eigenvalue weighted by atomic mass is 10.2. The summed E-state index contributed by atoms with van der Waals surface area (Å²) < 4.78 is 6.63. The van der Waals surface area contributed by atoms with Gasteiger partial charge in [-0.25, -0.2) is 4.98 Å². The van der Waals surface area contributed by atoms with Crippen LogP contribution in [0.5, 0.6) is 0 Å². The SMILES string of the molecule is O=C(/C=C/c1ccc(-c2cc(Cl)cc(Cl)c2)o1)Nc1nc2c(Cl)cccc2s1. The molecule has 2 aromatic carbocycles. The van der Waals surface area contributed by atoms with Gasteiger partial charge in [-0.1, -0.05) is 52.2 Å². The molecule has 8 heteroatoms. The Labute approximate surface area is 179 Å². The quantitative estimate of drug-likeness (QED) is 0.336. The van der Waals surface area contributed by atoms with Crippen LogP contribution < -0.4 is 5.32 Å². The number of hydrogen-bond acceptors (Lipinski definition) is 4. The lowest BCUT2D eigenvalue weighted by molar-refractivity contribution is -0.111. The third-order valence-electron chi connectivity index (χ3n) is 3.77. The molecule has 0 saturated carbocycles. The van der Waals surface area contributed by atoms with Gasteiger partial charge in [0.1, 0.15) is 17.0 Å².